The maximum absolute atomic E-state index is 15.6. The van der Waals surface area contributed by atoms with E-state index in [-0.39, 0.29) is 34.2 Å². The Morgan fingerprint density at radius 2 is 2.00 bits per heavy atom. The number of halogens is 1. The fraction of sp³-hybridized carbons (Fsp3) is 0.333. The number of likely N-dealkylation sites (N-methyl/N-ethyl adjacent to an activating group) is 1. The molecular formula is C27H29FN8O3. The average Bonchev–Trinajstić information content (AvgIpc) is 3.41. The molecule has 2 aliphatic rings. The summed E-state index contributed by atoms with van der Waals surface area (Å²) < 4.78 is 28.8. The van der Waals surface area contributed by atoms with Gasteiger partial charge in [0.25, 0.3) is 5.95 Å². The Balaban J connectivity index is 1.34. The van der Waals surface area contributed by atoms with Crippen molar-refractivity contribution in [3.8, 4) is 22.9 Å². The predicted molar refractivity (Wildman–Crippen MR) is 148 cm³/mol. The van der Waals surface area contributed by atoms with Crippen LogP contribution >= 0.6 is 0 Å². The van der Waals surface area contributed by atoms with Crippen LogP contribution in [-0.4, -0.2) is 77.8 Å². The number of methoxy groups -OCH3 is 1. The highest BCUT2D eigenvalue weighted by Gasteiger charge is 2.30. The number of nitrogens with zero attached hydrogens (tertiary/aromatic N) is 6. The van der Waals surface area contributed by atoms with Gasteiger partial charge >= 0.3 is 0 Å². The Morgan fingerprint density at radius 1 is 1.23 bits per heavy atom. The maximum Gasteiger partial charge on any atom is 0.262 e. The van der Waals surface area contributed by atoms with Gasteiger partial charge in [-0.25, -0.2) is 9.82 Å². The Labute approximate surface area is 223 Å². The van der Waals surface area contributed by atoms with E-state index in [1.54, 1.807) is 19.5 Å². The third kappa shape index (κ3) is 4.56. The number of anilines is 2. The summed E-state index contributed by atoms with van der Waals surface area (Å²) in [6.45, 7) is 5.37. The molecular weight excluding hydrogens is 503 g/mol. The SMILES string of the molecule is COc1ccc(/C=N/Nc2n[nH]c(-c3cn4c5c(c(N6CCN(C)CC6)c(F)cc5c3=O)OCC4C)n2)cc1. The zero-order valence-electron chi connectivity index (χ0n) is 21.9. The van der Waals surface area contributed by atoms with Crippen LogP contribution in [0.4, 0.5) is 16.0 Å². The number of hydrazone groups is 1. The Hall–Kier alpha value is -4.45. The van der Waals surface area contributed by atoms with Gasteiger partial charge in [-0.3, -0.25) is 9.89 Å². The Bertz CT molecular complexity index is 1610. The first-order valence-electron chi connectivity index (χ1n) is 12.8. The predicted octanol–water partition coefficient (Wildman–Crippen LogP) is 3.09. The number of nitrogens with one attached hydrogen (secondary N) is 2. The third-order valence-corrected chi connectivity index (χ3v) is 7.20. The van der Waals surface area contributed by atoms with Gasteiger partial charge in [-0.2, -0.15) is 10.1 Å². The molecule has 2 aromatic heterocycles. The minimum absolute atomic E-state index is 0.0697. The minimum atomic E-state index is -0.467. The van der Waals surface area contributed by atoms with Gasteiger partial charge in [-0.05, 0) is 49.9 Å². The molecule has 0 radical (unpaired) electrons. The van der Waals surface area contributed by atoms with Crippen LogP contribution in [0.1, 0.15) is 18.5 Å². The van der Waals surface area contributed by atoms with Crippen LogP contribution in [0.25, 0.3) is 22.3 Å². The number of hydrogen-bond donors (Lipinski definition) is 2. The van der Waals surface area contributed by atoms with Crippen LogP contribution in [0.3, 0.4) is 0 Å². The van der Waals surface area contributed by atoms with E-state index in [4.69, 9.17) is 9.47 Å². The average molecular weight is 533 g/mol. The van der Waals surface area contributed by atoms with Gasteiger partial charge in [-0.15, -0.1) is 5.10 Å². The van der Waals surface area contributed by atoms with Gasteiger partial charge in [0.2, 0.25) is 5.43 Å². The highest BCUT2D eigenvalue weighted by atomic mass is 19.1. The molecule has 11 nitrogen and oxygen atoms in total. The number of ether oxygens (including phenoxy) is 2. The topological polar surface area (TPSA) is 113 Å². The first-order chi connectivity index (χ1) is 18.9. The summed E-state index contributed by atoms with van der Waals surface area (Å²) in [5.41, 5.74) is 4.58. The molecule has 2 N–H and O–H groups in total. The molecule has 1 unspecified atom stereocenters. The Morgan fingerprint density at radius 3 is 2.74 bits per heavy atom. The molecule has 2 aromatic carbocycles. The summed E-state index contributed by atoms with van der Waals surface area (Å²) in [5, 5.41) is 11.4. The van der Waals surface area contributed by atoms with Crippen molar-refractivity contribution in [1.29, 1.82) is 0 Å². The first-order valence-corrected chi connectivity index (χ1v) is 12.8. The second-order valence-corrected chi connectivity index (χ2v) is 9.81. The molecule has 1 fully saturated rings. The number of aromatic amines is 1. The molecule has 12 heteroatoms. The van der Waals surface area contributed by atoms with Crippen molar-refractivity contribution >= 4 is 28.8 Å². The number of hydrogen-bond acceptors (Lipinski definition) is 9. The smallest absolute Gasteiger partial charge is 0.262 e. The van der Waals surface area contributed by atoms with Gasteiger partial charge < -0.3 is 23.8 Å². The number of benzene rings is 2. The fourth-order valence-electron chi connectivity index (χ4n) is 4.99. The van der Waals surface area contributed by atoms with Crippen molar-refractivity contribution in [3.63, 3.8) is 0 Å². The molecule has 2 aliphatic heterocycles. The molecule has 1 atom stereocenters. The van der Waals surface area contributed by atoms with Crippen molar-refractivity contribution in [1.82, 2.24) is 24.6 Å². The number of piperazine rings is 1. The second-order valence-electron chi connectivity index (χ2n) is 9.81. The lowest BCUT2D eigenvalue weighted by atomic mass is 10.0. The summed E-state index contributed by atoms with van der Waals surface area (Å²) in [5.74, 6) is 1.16. The third-order valence-electron chi connectivity index (χ3n) is 7.20. The van der Waals surface area contributed by atoms with Crippen molar-refractivity contribution in [2.75, 3.05) is 57.3 Å². The minimum Gasteiger partial charge on any atom is -0.497 e. The molecule has 0 saturated carbocycles. The van der Waals surface area contributed by atoms with Gasteiger partial charge in [0.1, 0.15) is 18.0 Å². The largest absolute Gasteiger partial charge is 0.497 e. The van der Waals surface area contributed by atoms with E-state index in [1.807, 2.05) is 47.7 Å². The number of aromatic nitrogens is 4. The normalized spacial score (nSPS) is 17.5. The van der Waals surface area contributed by atoms with Gasteiger partial charge in [0.05, 0.1) is 35.8 Å². The first kappa shape index (κ1) is 24.9. The molecule has 202 valence electrons. The molecule has 4 aromatic rings. The fourth-order valence-corrected chi connectivity index (χ4v) is 4.99. The molecule has 0 aliphatic carbocycles. The summed E-state index contributed by atoms with van der Waals surface area (Å²) in [4.78, 5) is 22.2. The van der Waals surface area contributed by atoms with E-state index in [9.17, 15) is 4.79 Å². The van der Waals surface area contributed by atoms with Gasteiger partial charge in [0, 0.05) is 32.4 Å². The lowest BCUT2D eigenvalue weighted by Crippen LogP contribution is -2.45. The van der Waals surface area contributed by atoms with Crippen molar-refractivity contribution in [2.24, 2.45) is 5.10 Å². The van der Waals surface area contributed by atoms with Crippen LogP contribution in [0.5, 0.6) is 11.5 Å². The van der Waals surface area contributed by atoms with Crippen LogP contribution in [0.2, 0.25) is 0 Å². The van der Waals surface area contributed by atoms with Crippen molar-refractivity contribution in [2.45, 2.75) is 13.0 Å². The van der Waals surface area contributed by atoms with E-state index in [2.05, 4.69) is 30.6 Å². The molecule has 0 bridgehead atoms. The number of rotatable bonds is 6. The van der Waals surface area contributed by atoms with Crippen molar-refractivity contribution < 1.29 is 13.9 Å². The monoisotopic (exact) mass is 532 g/mol. The van der Waals surface area contributed by atoms with E-state index in [0.717, 1.165) is 24.4 Å². The summed E-state index contributed by atoms with van der Waals surface area (Å²) >= 11 is 0. The quantitative estimate of drug-likeness (QED) is 0.288. The van der Waals surface area contributed by atoms with Crippen LogP contribution in [0.15, 0.2) is 46.4 Å². The Kier molecular flexibility index (Phi) is 6.39. The van der Waals surface area contributed by atoms with E-state index in [0.29, 0.717) is 36.6 Å². The highest BCUT2D eigenvalue weighted by molar-refractivity contribution is 5.94. The maximum atomic E-state index is 15.6. The summed E-state index contributed by atoms with van der Waals surface area (Å²) in [7, 11) is 3.66. The summed E-state index contributed by atoms with van der Waals surface area (Å²) in [6.07, 6.45) is 3.37. The standard InChI is InChI=1S/C27H29FN8O3/c1-16-15-39-25-22-19(12-21(28)23(25)35-10-8-34(2)9-11-35)24(37)20(14-36(16)22)26-30-27(33-31-26)32-29-13-17-4-6-18(38-3)7-5-17/h4-7,12-14,16H,8-11,15H2,1-3H3,(H2,30,31,32,33)/b29-13+. The van der Waals surface area contributed by atoms with Crippen LogP contribution < -0.4 is 25.2 Å². The van der Waals surface area contributed by atoms with Crippen LogP contribution in [-0.2, 0) is 0 Å². The van der Waals surface area contributed by atoms with E-state index in [1.165, 1.54) is 6.07 Å². The van der Waals surface area contributed by atoms with Gasteiger partial charge in [0.15, 0.2) is 17.4 Å². The lowest BCUT2D eigenvalue weighted by Gasteiger charge is -2.37. The molecule has 0 amide bonds. The number of H-pyrrole nitrogens is 1. The summed E-state index contributed by atoms with van der Waals surface area (Å²) in [6, 6.07) is 8.65. The van der Waals surface area contributed by atoms with E-state index < -0.39 is 5.82 Å². The molecule has 6 rings (SSSR count). The lowest BCUT2D eigenvalue weighted by molar-refractivity contribution is 0.245. The highest BCUT2D eigenvalue weighted by Crippen LogP contribution is 2.42. The zero-order valence-corrected chi connectivity index (χ0v) is 21.9. The molecule has 0 spiro atoms. The van der Waals surface area contributed by atoms with Crippen LogP contribution in [0, 0.1) is 5.82 Å². The van der Waals surface area contributed by atoms with E-state index >= 15 is 4.39 Å². The molecule has 4 heterocycles. The number of pyridine rings is 1. The molecule has 39 heavy (non-hydrogen) atoms. The molecule has 1 saturated heterocycles. The van der Waals surface area contributed by atoms with Crippen molar-refractivity contribution in [3.05, 3.63) is 58.1 Å². The second kappa shape index (κ2) is 10.0. The zero-order chi connectivity index (χ0) is 27.1. The van der Waals surface area contributed by atoms with Gasteiger partial charge in [-0.1, -0.05) is 0 Å².